The molecule has 2 heterocycles. The van der Waals surface area contributed by atoms with E-state index in [9.17, 15) is 0 Å². The molecule has 0 radical (unpaired) electrons. The molecule has 0 saturated heterocycles. The Morgan fingerprint density at radius 1 is 0.246 bits per heavy atom. The SMILES string of the molecule is c1ccc(-c2nc(-c3cccc([Si](c4ccccc4)(c4ccccc4)c4ccccc4)c3)nc(-n3c4ccccc4c4ccc([Si](c5ccccc5)(c5ccccc5)c5ccccc5)cc43)n2)cc1. The van der Waals surface area contributed by atoms with Crippen molar-refractivity contribution in [2.75, 3.05) is 0 Å². The van der Waals surface area contributed by atoms with Crippen LogP contribution in [-0.4, -0.2) is 35.7 Å². The van der Waals surface area contributed by atoms with E-state index in [1.807, 2.05) is 18.2 Å². The standard InChI is InChI=1S/C63H46N4Si2/c1-8-25-47(26-9-1)61-64-62(48-27-24-40-55(45-48)68(49-28-10-2-11-29-49,50-30-12-3-13-31-50)51-32-14-4-15-33-51)66-63(65-61)67-59-42-23-22-41-57(59)58-44-43-56(46-60(58)67)69(52-34-16-5-17-35-52,53-36-18-6-19-37-53)54-38-20-7-21-39-54/h1-46H. The van der Waals surface area contributed by atoms with Crippen molar-refractivity contribution in [1.82, 2.24) is 19.5 Å². The van der Waals surface area contributed by atoms with E-state index in [0.29, 0.717) is 17.6 Å². The van der Waals surface area contributed by atoms with E-state index in [0.717, 1.165) is 32.9 Å². The number of rotatable bonds is 11. The zero-order valence-corrected chi connectivity index (χ0v) is 39.8. The molecule has 0 N–H and O–H groups in total. The van der Waals surface area contributed by atoms with Gasteiger partial charge < -0.3 is 0 Å². The molecule has 0 aliphatic carbocycles. The van der Waals surface area contributed by atoms with Crippen LogP contribution in [0.15, 0.2) is 279 Å². The Bertz CT molecular complexity index is 3510. The first-order chi connectivity index (χ1) is 34.2. The zero-order chi connectivity index (χ0) is 46.0. The molecule has 6 heteroatoms. The van der Waals surface area contributed by atoms with Crippen LogP contribution in [0.4, 0.5) is 0 Å². The van der Waals surface area contributed by atoms with Gasteiger partial charge in [0.1, 0.15) is 0 Å². The van der Waals surface area contributed by atoms with Crippen molar-refractivity contribution in [3.63, 3.8) is 0 Å². The van der Waals surface area contributed by atoms with Crippen LogP contribution >= 0.6 is 0 Å². The maximum Gasteiger partial charge on any atom is 0.238 e. The average Bonchev–Trinajstić information content (AvgIpc) is 3.77. The highest BCUT2D eigenvalue weighted by Crippen LogP contribution is 2.32. The monoisotopic (exact) mass is 914 g/mol. The fourth-order valence-electron chi connectivity index (χ4n) is 10.7. The van der Waals surface area contributed by atoms with Crippen LogP contribution in [0.25, 0.3) is 50.5 Å². The van der Waals surface area contributed by atoms with E-state index in [1.165, 1.54) is 41.5 Å². The van der Waals surface area contributed by atoms with Crippen molar-refractivity contribution in [2.24, 2.45) is 0 Å². The summed E-state index contributed by atoms with van der Waals surface area (Å²) >= 11 is 0. The summed E-state index contributed by atoms with van der Waals surface area (Å²) in [5.74, 6) is 1.79. The summed E-state index contributed by atoms with van der Waals surface area (Å²) in [6, 6.07) is 101. The topological polar surface area (TPSA) is 43.6 Å². The number of benzene rings is 10. The van der Waals surface area contributed by atoms with Gasteiger partial charge in [-0.05, 0) is 53.6 Å². The summed E-state index contributed by atoms with van der Waals surface area (Å²) in [6.07, 6.45) is 0. The van der Waals surface area contributed by atoms with Crippen molar-refractivity contribution in [3.8, 4) is 28.7 Å². The van der Waals surface area contributed by atoms with Gasteiger partial charge in [0, 0.05) is 21.9 Å². The largest absolute Gasteiger partial charge is 0.278 e. The molecule has 0 bridgehead atoms. The summed E-state index contributed by atoms with van der Waals surface area (Å²) in [4.78, 5) is 16.3. The first-order valence-corrected chi connectivity index (χ1v) is 27.5. The van der Waals surface area contributed by atoms with Crippen molar-refractivity contribution < 1.29 is 0 Å². The summed E-state index contributed by atoms with van der Waals surface area (Å²) < 4.78 is 2.27. The van der Waals surface area contributed by atoms with Crippen LogP contribution in [0, 0.1) is 0 Å². The molecule has 2 aromatic heterocycles. The Hall–Kier alpha value is -8.56. The molecule has 69 heavy (non-hydrogen) atoms. The Morgan fingerprint density at radius 2 is 0.594 bits per heavy atom. The van der Waals surface area contributed by atoms with Gasteiger partial charge in [-0.2, -0.15) is 9.97 Å². The normalized spacial score (nSPS) is 11.8. The van der Waals surface area contributed by atoms with Gasteiger partial charge in [-0.25, -0.2) is 4.98 Å². The number of aromatic nitrogens is 4. The lowest BCUT2D eigenvalue weighted by Crippen LogP contribution is -2.74. The number of fused-ring (bicyclic) bond motifs is 3. The first kappa shape index (κ1) is 41.8. The van der Waals surface area contributed by atoms with E-state index in [4.69, 9.17) is 15.0 Å². The second-order valence-electron chi connectivity index (χ2n) is 17.5. The highest BCUT2D eigenvalue weighted by atomic mass is 28.3. The maximum atomic E-state index is 5.55. The average molecular weight is 915 g/mol. The lowest BCUT2D eigenvalue weighted by molar-refractivity contribution is 0.954. The molecule has 10 aromatic carbocycles. The van der Waals surface area contributed by atoms with E-state index < -0.39 is 16.1 Å². The molecule has 326 valence electrons. The molecule has 0 unspecified atom stereocenters. The minimum atomic E-state index is -2.89. The zero-order valence-electron chi connectivity index (χ0n) is 37.8. The Balaban J connectivity index is 1.13. The minimum absolute atomic E-state index is 0.566. The second kappa shape index (κ2) is 17.9. The van der Waals surface area contributed by atoms with Crippen LogP contribution in [0.5, 0.6) is 0 Å². The van der Waals surface area contributed by atoms with Gasteiger partial charge in [-0.15, -0.1) is 0 Å². The quantitative estimate of drug-likeness (QED) is 0.0962. The van der Waals surface area contributed by atoms with Crippen LogP contribution in [0.2, 0.25) is 0 Å². The third-order valence-corrected chi connectivity index (χ3v) is 23.3. The van der Waals surface area contributed by atoms with Gasteiger partial charge in [-0.3, -0.25) is 4.57 Å². The van der Waals surface area contributed by atoms with Crippen molar-refractivity contribution >= 4 is 79.4 Å². The summed E-state index contributed by atoms with van der Waals surface area (Å²) in [5.41, 5.74) is 3.93. The highest BCUT2D eigenvalue weighted by molar-refractivity contribution is 7.20. The smallest absolute Gasteiger partial charge is 0.238 e. The third-order valence-electron chi connectivity index (χ3n) is 13.8. The molecule has 12 aromatic rings. The molecule has 0 atom stereocenters. The molecule has 0 saturated carbocycles. The predicted octanol–water partition coefficient (Wildman–Crippen LogP) is 9.06. The van der Waals surface area contributed by atoms with Gasteiger partial charge in [0.05, 0.1) is 11.0 Å². The Morgan fingerprint density at radius 3 is 1.06 bits per heavy atom. The van der Waals surface area contributed by atoms with E-state index in [1.54, 1.807) is 0 Å². The lowest BCUT2D eigenvalue weighted by atomic mass is 10.1. The lowest BCUT2D eigenvalue weighted by Gasteiger charge is -2.34. The highest BCUT2D eigenvalue weighted by Gasteiger charge is 2.43. The molecule has 0 amide bonds. The van der Waals surface area contributed by atoms with Gasteiger partial charge in [0.2, 0.25) is 5.95 Å². The van der Waals surface area contributed by atoms with Crippen molar-refractivity contribution in [2.45, 2.75) is 0 Å². The minimum Gasteiger partial charge on any atom is -0.278 e. The summed E-state index contributed by atoms with van der Waals surface area (Å²) in [6.45, 7) is 0. The van der Waals surface area contributed by atoms with Crippen molar-refractivity contribution in [1.29, 1.82) is 0 Å². The van der Waals surface area contributed by atoms with Gasteiger partial charge in [0.25, 0.3) is 0 Å². The third kappa shape index (κ3) is 7.17. The fourth-order valence-corrected chi connectivity index (χ4v) is 20.3. The fraction of sp³-hybridized carbons (Fsp3) is 0. The molecule has 0 aliphatic rings. The number of hydrogen-bond acceptors (Lipinski definition) is 3. The Labute approximate surface area is 404 Å². The molecule has 0 fully saturated rings. The number of hydrogen-bond donors (Lipinski definition) is 0. The van der Waals surface area contributed by atoms with Gasteiger partial charge in [-0.1, -0.05) is 267 Å². The number of nitrogens with zero attached hydrogens (tertiary/aromatic N) is 4. The molecule has 0 aliphatic heterocycles. The van der Waals surface area contributed by atoms with E-state index in [-0.39, 0.29) is 0 Å². The molecule has 12 rings (SSSR count). The summed E-state index contributed by atoms with van der Waals surface area (Å²) in [7, 11) is -5.75. The summed E-state index contributed by atoms with van der Waals surface area (Å²) in [5, 5.41) is 12.7. The molecule has 0 spiro atoms. The van der Waals surface area contributed by atoms with E-state index >= 15 is 0 Å². The van der Waals surface area contributed by atoms with Crippen LogP contribution in [-0.2, 0) is 0 Å². The molecular formula is C63H46N4Si2. The van der Waals surface area contributed by atoms with Crippen LogP contribution in [0.1, 0.15) is 0 Å². The van der Waals surface area contributed by atoms with Crippen LogP contribution in [0.3, 0.4) is 0 Å². The van der Waals surface area contributed by atoms with Gasteiger partial charge in [0.15, 0.2) is 27.8 Å². The molecular weight excluding hydrogens is 869 g/mol. The van der Waals surface area contributed by atoms with Gasteiger partial charge >= 0.3 is 0 Å². The second-order valence-corrected chi connectivity index (χ2v) is 25.1. The predicted molar refractivity (Wildman–Crippen MR) is 292 cm³/mol. The van der Waals surface area contributed by atoms with E-state index in [2.05, 4.69) is 265 Å². The molecule has 4 nitrogen and oxygen atoms in total. The maximum absolute atomic E-state index is 5.55. The Kier molecular flexibility index (Phi) is 10.9. The first-order valence-electron chi connectivity index (χ1n) is 23.5. The van der Waals surface area contributed by atoms with Crippen LogP contribution < -0.4 is 41.5 Å². The number of para-hydroxylation sites is 1. The van der Waals surface area contributed by atoms with Crippen molar-refractivity contribution in [3.05, 3.63) is 279 Å².